The molecule has 0 saturated carbocycles. The molecule has 26 heteroatoms. The van der Waals surface area contributed by atoms with Gasteiger partial charge in [0.25, 0.3) is 0 Å². The maximum atomic E-state index is 5.86. The van der Waals surface area contributed by atoms with Gasteiger partial charge in [-0.15, -0.1) is 101 Å². The Balaban J connectivity index is 0.000000330. The summed E-state index contributed by atoms with van der Waals surface area (Å²) in [7, 11) is 35.2. The lowest BCUT2D eigenvalue weighted by Crippen LogP contribution is -2.07. The van der Waals surface area contributed by atoms with Gasteiger partial charge in [0, 0.05) is 24.1 Å². The van der Waals surface area contributed by atoms with Crippen LogP contribution in [0, 0.1) is 0 Å². The third-order valence-electron chi connectivity index (χ3n) is 4.40. The van der Waals surface area contributed by atoms with Crippen LogP contribution in [-0.2, 0) is 0 Å². The van der Waals surface area contributed by atoms with Crippen LogP contribution in [0.1, 0.15) is 20.3 Å². The van der Waals surface area contributed by atoms with E-state index in [1.54, 1.807) is 17.4 Å². The Kier molecular flexibility index (Phi) is 29.2. The summed E-state index contributed by atoms with van der Waals surface area (Å²) >= 11 is 20.4. The Labute approximate surface area is 325 Å². The highest BCUT2D eigenvalue weighted by atomic mass is 35.5. The molecule has 2 heterocycles. The summed E-state index contributed by atoms with van der Waals surface area (Å²) in [5, 5.41) is 2.44. The zero-order chi connectivity index (χ0) is 34.6. The van der Waals surface area contributed by atoms with Crippen molar-refractivity contribution in [3.05, 3.63) is 50.9 Å². The van der Waals surface area contributed by atoms with Crippen molar-refractivity contribution in [3.63, 3.8) is 0 Å². The second-order valence-electron chi connectivity index (χ2n) is 8.49. The van der Waals surface area contributed by atoms with E-state index >= 15 is 0 Å². The van der Waals surface area contributed by atoms with E-state index in [1.165, 1.54) is 22.5 Å². The van der Waals surface area contributed by atoms with Crippen molar-refractivity contribution in [2.45, 2.75) is 20.3 Å². The van der Waals surface area contributed by atoms with E-state index in [2.05, 4.69) is 113 Å². The van der Waals surface area contributed by atoms with Gasteiger partial charge in [-0.3, -0.25) is 0 Å². The predicted octanol–water partition coefficient (Wildman–Crippen LogP) is 18.2. The molecule has 0 aliphatic carbocycles. The molecule has 0 aliphatic heterocycles. The summed E-state index contributed by atoms with van der Waals surface area (Å²) in [6, 6.07) is 11.3. The molecule has 10 atom stereocenters. The summed E-state index contributed by atoms with van der Waals surface area (Å²) in [5.74, 6) is 0. The average molecular weight is 1040 g/mol. The molecular weight excluding hydrogens is 998 g/mol. The lowest BCUT2D eigenvalue weighted by atomic mass is 10.3. The van der Waals surface area contributed by atoms with Crippen LogP contribution in [0.3, 0.4) is 0 Å². The Hall–Kier alpha value is 6.63. The molecule has 0 bridgehead atoms. The molecule has 0 fully saturated rings. The van der Waals surface area contributed by atoms with Gasteiger partial charge in [0.1, 0.15) is 0 Å². The fraction of sp³-hybridized carbons (Fsp3) is 0.263. The minimum Gasteiger partial charge on any atom is -0.354 e. The summed E-state index contributed by atoms with van der Waals surface area (Å²) in [5.41, 5.74) is 1.84. The van der Waals surface area contributed by atoms with Crippen molar-refractivity contribution >= 4 is 228 Å². The second-order valence-corrected chi connectivity index (χ2v) is 82.3. The number of hydrogen-bond acceptors (Lipinski definition) is 5. The Morgan fingerprint density at radius 3 is 1.31 bits per heavy atom. The van der Waals surface area contributed by atoms with Crippen molar-refractivity contribution in [1.29, 1.82) is 0 Å². The summed E-state index contributed by atoms with van der Waals surface area (Å²) in [6.07, 6.45) is 1.25. The SMILES string of the molecule is CCC.CN(C)c1nc2cc(Cl)ccc2s1.Clc1ccc2sc(Cl)nc2c1.PP(P)P(P(P)P)P(P(P)P)P(P(P)P)P(P)P. The minimum atomic E-state index is 0.0415. The molecule has 254 valence electrons. The number of halogens is 3. The Morgan fingerprint density at radius 2 is 0.956 bits per heavy atom. The van der Waals surface area contributed by atoms with Gasteiger partial charge in [0.15, 0.2) is 9.60 Å². The zero-order valence-electron chi connectivity index (χ0n) is 24.8. The number of fused-ring (bicyclic) bond motifs is 2. The summed E-state index contributed by atoms with van der Waals surface area (Å²) in [4.78, 5) is 10.5. The highest BCUT2D eigenvalue weighted by Crippen LogP contribution is 3.28. The van der Waals surface area contributed by atoms with Crippen LogP contribution >= 0.6 is 203 Å². The zero-order valence-corrected chi connectivity index (χ0v) is 47.4. The number of aromatic nitrogens is 2. The molecule has 0 saturated heterocycles. The van der Waals surface area contributed by atoms with Crippen LogP contribution in [0.25, 0.3) is 20.4 Å². The highest BCUT2D eigenvalue weighted by Gasteiger charge is 2.39. The van der Waals surface area contributed by atoms with Crippen molar-refractivity contribution < 1.29 is 0 Å². The first-order chi connectivity index (χ1) is 20.9. The molecular formula is C19H40Cl3N3P18S2. The molecule has 0 N–H and O–H groups in total. The van der Waals surface area contributed by atoms with E-state index in [-0.39, 0.29) is 55.9 Å². The van der Waals surface area contributed by atoms with Crippen LogP contribution in [0.2, 0.25) is 14.5 Å². The summed E-state index contributed by atoms with van der Waals surface area (Å²) < 4.78 is 2.80. The lowest BCUT2D eigenvalue weighted by Gasteiger charge is -2.43. The van der Waals surface area contributed by atoms with Gasteiger partial charge in [-0.05, 0) is 92.3 Å². The van der Waals surface area contributed by atoms with Crippen LogP contribution in [0.5, 0.6) is 0 Å². The van der Waals surface area contributed by atoms with E-state index in [1.807, 2.05) is 49.3 Å². The molecule has 0 spiro atoms. The second kappa shape index (κ2) is 26.5. The first kappa shape index (κ1) is 49.6. The van der Waals surface area contributed by atoms with E-state index in [4.69, 9.17) is 34.8 Å². The Morgan fingerprint density at radius 1 is 0.600 bits per heavy atom. The number of nitrogens with zero attached hydrogens (tertiary/aromatic N) is 3. The van der Waals surface area contributed by atoms with E-state index in [0.29, 0.717) is 9.49 Å². The van der Waals surface area contributed by atoms with Gasteiger partial charge in [0.05, 0.1) is 20.4 Å². The quantitative estimate of drug-likeness (QED) is 0.165. The van der Waals surface area contributed by atoms with Gasteiger partial charge in [0.2, 0.25) is 0 Å². The lowest BCUT2D eigenvalue weighted by molar-refractivity contribution is 1.09. The van der Waals surface area contributed by atoms with Gasteiger partial charge >= 0.3 is 0 Å². The van der Waals surface area contributed by atoms with Gasteiger partial charge in [-0.2, -0.15) is 0 Å². The topological polar surface area (TPSA) is 29.0 Å². The van der Waals surface area contributed by atoms with Crippen LogP contribution < -0.4 is 4.90 Å². The predicted molar refractivity (Wildman–Crippen MR) is 277 cm³/mol. The van der Waals surface area contributed by atoms with Crippen molar-refractivity contribution in [1.82, 2.24) is 9.97 Å². The largest absolute Gasteiger partial charge is 0.354 e. The normalized spacial score (nSPS) is 11.6. The van der Waals surface area contributed by atoms with Crippen molar-refractivity contribution in [2.75, 3.05) is 19.0 Å². The third-order valence-corrected chi connectivity index (χ3v) is 115. The molecule has 4 rings (SSSR count). The van der Waals surface area contributed by atoms with Gasteiger partial charge in [-0.1, -0.05) is 66.4 Å². The third kappa shape index (κ3) is 18.4. The standard InChI is InChI=1S/C9H9ClN2S.C7H3Cl2NS.C3H8.H20P18/c1-12(2)9-11-7-5-6(10)3-4-8(7)13-9;8-4-1-2-6-5(3-4)10-7(9)11-6;1-3-2;1-11(2)16(12(3)4)18(15(9)10)17(13(5)6)14(7)8/h3-5H,1-2H3;1-3H;3H2,1-2H3;1-10H2. The molecule has 4 aromatic rings. The minimum absolute atomic E-state index is 0.0415. The number of rotatable bonds is 8. The summed E-state index contributed by atoms with van der Waals surface area (Å²) in [6.45, 7) is 4.95. The molecule has 10 unspecified atom stereocenters. The molecule has 45 heavy (non-hydrogen) atoms. The average Bonchev–Trinajstić information content (AvgIpc) is 3.50. The maximum Gasteiger partial charge on any atom is 0.185 e. The van der Waals surface area contributed by atoms with Crippen molar-refractivity contribution in [3.8, 4) is 0 Å². The maximum absolute atomic E-state index is 5.86. The number of thiazole rings is 2. The Bertz CT molecular complexity index is 1390. The van der Waals surface area contributed by atoms with E-state index < -0.39 is 0 Å². The molecule has 2 aromatic heterocycles. The van der Waals surface area contributed by atoms with Gasteiger partial charge < -0.3 is 4.90 Å². The monoisotopic (exact) mass is 1040 g/mol. The van der Waals surface area contributed by atoms with E-state index in [9.17, 15) is 0 Å². The number of benzene rings is 2. The van der Waals surface area contributed by atoms with Crippen molar-refractivity contribution in [2.24, 2.45) is 0 Å². The van der Waals surface area contributed by atoms with E-state index in [0.717, 1.165) is 25.9 Å². The van der Waals surface area contributed by atoms with Crippen LogP contribution in [-0.4, -0.2) is 24.1 Å². The number of anilines is 1. The molecule has 0 radical (unpaired) electrons. The molecule has 2 aromatic carbocycles. The van der Waals surface area contributed by atoms with Gasteiger partial charge in [-0.25, -0.2) is 9.97 Å². The highest BCUT2D eigenvalue weighted by molar-refractivity contribution is 9.33. The molecule has 0 aliphatic rings. The first-order valence-corrected chi connectivity index (χ1v) is 46.9. The fourth-order valence-corrected chi connectivity index (χ4v) is 214. The molecule has 0 amide bonds. The van der Waals surface area contributed by atoms with Crippen LogP contribution in [0.4, 0.5) is 5.13 Å². The smallest absolute Gasteiger partial charge is 0.185 e. The number of hydrogen-bond donors (Lipinski definition) is 0. The fourth-order valence-electron chi connectivity index (χ4n) is 2.82. The molecule has 3 nitrogen and oxygen atoms in total. The van der Waals surface area contributed by atoms with Crippen LogP contribution in [0.15, 0.2) is 36.4 Å². The first-order valence-electron chi connectivity index (χ1n) is 12.3.